The molecule has 7 heteroatoms. The summed E-state index contributed by atoms with van der Waals surface area (Å²) in [5, 5.41) is 16.7. The molecule has 2 aromatic carbocycles. The summed E-state index contributed by atoms with van der Waals surface area (Å²) >= 11 is 3.38. The van der Waals surface area contributed by atoms with Gasteiger partial charge in [0.15, 0.2) is 11.5 Å². The lowest BCUT2D eigenvalue weighted by molar-refractivity contribution is -0.121. The van der Waals surface area contributed by atoms with Gasteiger partial charge >= 0.3 is 0 Å². The molecule has 132 valence electrons. The van der Waals surface area contributed by atoms with Crippen molar-refractivity contribution in [1.29, 1.82) is 0 Å². The van der Waals surface area contributed by atoms with E-state index in [1.165, 1.54) is 19.4 Å². The van der Waals surface area contributed by atoms with Crippen molar-refractivity contribution in [3.8, 4) is 11.5 Å². The second-order valence-corrected chi connectivity index (χ2v) is 6.19. The zero-order valence-electron chi connectivity index (χ0n) is 14.0. The highest BCUT2D eigenvalue weighted by molar-refractivity contribution is 9.10. The van der Waals surface area contributed by atoms with Gasteiger partial charge in [0.25, 0.3) is 5.91 Å². The van der Waals surface area contributed by atoms with Crippen LogP contribution in [0.15, 0.2) is 52.0 Å². The normalized spacial score (nSPS) is 12.0. The molecule has 0 unspecified atom stereocenters. The van der Waals surface area contributed by atoms with Gasteiger partial charge < -0.3 is 15.2 Å². The molecule has 0 aliphatic heterocycles. The van der Waals surface area contributed by atoms with Crippen molar-refractivity contribution in [3.63, 3.8) is 0 Å². The molecule has 25 heavy (non-hydrogen) atoms. The molecule has 2 rings (SSSR count). The third kappa shape index (κ3) is 5.49. The van der Waals surface area contributed by atoms with Crippen molar-refractivity contribution in [1.82, 2.24) is 5.43 Å². The Balaban J connectivity index is 1.96. The lowest BCUT2D eigenvalue weighted by Gasteiger charge is -2.16. The van der Waals surface area contributed by atoms with Crippen molar-refractivity contribution >= 4 is 33.7 Å². The third-order valence-electron chi connectivity index (χ3n) is 3.50. The maximum atomic E-state index is 12.3. The zero-order valence-corrected chi connectivity index (χ0v) is 15.6. The lowest BCUT2D eigenvalue weighted by Crippen LogP contribution is -2.36. The molecule has 0 bridgehead atoms. The quantitative estimate of drug-likeness (QED) is 0.486. The number of nitrogens with one attached hydrogen (secondary N) is 2. The van der Waals surface area contributed by atoms with Gasteiger partial charge in [-0.25, -0.2) is 5.43 Å². The smallest absolute Gasteiger partial charge is 0.262 e. The molecule has 0 heterocycles. The predicted molar refractivity (Wildman–Crippen MR) is 102 cm³/mol. The first-order valence-electron chi connectivity index (χ1n) is 7.75. The van der Waals surface area contributed by atoms with Gasteiger partial charge in [0.1, 0.15) is 6.04 Å². The Bertz CT molecular complexity index is 748. The molecule has 0 aliphatic carbocycles. The van der Waals surface area contributed by atoms with Crippen LogP contribution in [-0.4, -0.2) is 30.4 Å². The van der Waals surface area contributed by atoms with E-state index in [-0.39, 0.29) is 11.7 Å². The van der Waals surface area contributed by atoms with Gasteiger partial charge in [0.2, 0.25) is 0 Å². The van der Waals surface area contributed by atoms with Gasteiger partial charge in [-0.15, -0.1) is 0 Å². The summed E-state index contributed by atoms with van der Waals surface area (Å²) in [6, 6.07) is 12.0. The molecule has 0 saturated carbocycles. The lowest BCUT2D eigenvalue weighted by atomic mass is 10.2. The van der Waals surface area contributed by atoms with Crippen LogP contribution < -0.4 is 15.5 Å². The number of amides is 1. The summed E-state index contributed by atoms with van der Waals surface area (Å²) in [5.41, 5.74) is 4.08. The van der Waals surface area contributed by atoms with Crippen molar-refractivity contribution < 1.29 is 14.6 Å². The van der Waals surface area contributed by atoms with Crippen LogP contribution in [0.4, 0.5) is 5.69 Å². The van der Waals surface area contributed by atoms with E-state index in [9.17, 15) is 9.90 Å². The second kappa shape index (κ2) is 9.08. The highest BCUT2D eigenvalue weighted by Gasteiger charge is 2.15. The molecule has 0 aliphatic rings. The minimum atomic E-state index is -0.396. The van der Waals surface area contributed by atoms with Crippen LogP contribution >= 0.6 is 15.9 Å². The van der Waals surface area contributed by atoms with Gasteiger partial charge in [0.05, 0.1) is 13.3 Å². The zero-order chi connectivity index (χ0) is 18.2. The first kappa shape index (κ1) is 18.8. The second-order valence-electron chi connectivity index (χ2n) is 5.28. The Morgan fingerprint density at radius 3 is 2.68 bits per heavy atom. The number of anilines is 1. The summed E-state index contributed by atoms with van der Waals surface area (Å²) in [6.45, 7) is 1.92. The SMILES string of the molecule is CC[C@@H](Nc1ccc(Br)cc1)C(=O)N/N=C/c1ccc(O)c(OC)c1. The van der Waals surface area contributed by atoms with Gasteiger partial charge in [-0.05, 0) is 54.4 Å². The molecule has 3 N–H and O–H groups in total. The summed E-state index contributed by atoms with van der Waals surface area (Å²) in [4.78, 5) is 12.3. The number of hydrazone groups is 1. The Morgan fingerprint density at radius 1 is 1.32 bits per heavy atom. The fraction of sp³-hybridized carbons (Fsp3) is 0.222. The van der Waals surface area contributed by atoms with Gasteiger partial charge in [-0.1, -0.05) is 22.9 Å². The van der Waals surface area contributed by atoms with E-state index in [4.69, 9.17) is 4.74 Å². The molecular formula is C18H20BrN3O3. The monoisotopic (exact) mass is 405 g/mol. The molecule has 2 aromatic rings. The first-order chi connectivity index (χ1) is 12.0. The standard InChI is InChI=1S/C18H20BrN3O3/c1-3-15(21-14-7-5-13(19)6-8-14)18(24)22-20-11-12-4-9-16(23)17(10-12)25-2/h4-11,15,21,23H,3H2,1-2H3,(H,22,24)/b20-11+/t15-/m1/s1. The van der Waals surface area contributed by atoms with E-state index >= 15 is 0 Å². The van der Waals surface area contributed by atoms with Gasteiger partial charge in [0, 0.05) is 10.2 Å². The molecule has 0 aromatic heterocycles. The molecular weight excluding hydrogens is 386 g/mol. The third-order valence-corrected chi connectivity index (χ3v) is 4.03. The Kier molecular flexibility index (Phi) is 6.82. The summed E-state index contributed by atoms with van der Waals surface area (Å²) in [7, 11) is 1.47. The van der Waals surface area contributed by atoms with Crippen LogP contribution in [0.5, 0.6) is 11.5 Å². The fourth-order valence-corrected chi connectivity index (χ4v) is 2.39. The molecule has 1 atom stereocenters. The molecule has 0 spiro atoms. The molecule has 0 fully saturated rings. The number of hydrogen-bond acceptors (Lipinski definition) is 5. The highest BCUT2D eigenvalue weighted by atomic mass is 79.9. The molecule has 1 amide bonds. The van der Waals surface area contributed by atoms with E-state index in [2.05, 4.69) is 31.8 Å². The number of carbonyl (C=O) groups excluding carboxylic acids is 1. The van der Waals surface area contributed by atoms with Crippen molar-refractivity contribution in [2.24, 2.45) is 5.10 Å². The number of benzene rings is 2. The summed E-state index contributed by atoms with van der Waals surface area (Å²) in [5.74, 6) is 0.166. The number of nitrogens with zero attached hydrogens (tertiary/aromatic N) is 1. The van der Waals surface area contributed by atoms with E-state index in [0.717, 1.165) is 10.2 Å². The Labute approximate surface area is 155 Å². The highest BCUT2D eigenvalue weighted by Crippen LogP contribution is 2.25. The maximum Gasteiger partial charge on any atom is 0.262 e. The summed E-state index contributed by atoms with van der Waals surface area (Å²) < 4.78 is 6.01. The number of rotatable bonds is 7. The predicted octanol–water partition coefficient (Wildman–Crippen LogP) is 3.50. The number of hydrogen-bond donors (Lipinski definition) is 3. The van der Waals surface area contributed by atoms with E-state index in [1.54, 1.807) is 12.1 Å². The Morgan fingerprint density at radius 2 is 2.04 bits per heavy atom. The van der Waals surface area contributed by atoms with Crippen molar-refractivity contribution in [2.45, 2.75) is 19.4 Å². The van der Waals surface area contributed by atoms with Crippen molar-refractivity contribution in [2.75, 3.05) is 12.4 Å². The van der Waals surface area contributed by atoms with E-state index in [0.29, 0.717) is 17.7 Å². The number of phenolic OH excluding ortho intramolecular Hbond substituents is 1. The van der Waals surface area contributed by atoms with Crippen LogP contribution in [0.25, 0.3) is 0 Å². The maximum absolute atomic E-state index is 12.3. The molecule has 6 nitrogen and oxygen atoms in total. The molecule has 0 radical (unpaired) electrons. The number of halogens is 1. The molecule has 0 saturated heterocycles. The number of phenols is 1. The largest absolute Gasteiger partial charge is 0.504 e. The fourth-order valence-electron chi connectivity index (χ4n) is 2.12. The van der Waals surface area contributed by atoms with E-state index in [1.807, 2.05) is 31.2 Å². The van der Waals surface area contributed by atoms with Crippen LogP contribution in [0.3, 0.4) is 0 Å². The van der Waals surface area contributed by atoms with Crippen molar-refractivity contribution in [3.05, 3.63) is 52.5 Å². The van der Waals surface area contributed by atoms with Gasteiger partial charge in [-0.3, -0.25) is 4.79 Å². The Hall–Kier alpha value is -2.54. The average molecular weight is 406 g/mol. The topological polar surface area (TPSA) is 83.0 Å². The minimum absolute atomic E-state index is 0.0495. The number of ether oxygens (including phenoxy) is 1. The average Bonchev–Trinajstić information content (AvgIpc) is 2.62. The number of aromatic hydroxyl groups is 1. The van der Waals surface area contributed by atoms with Crippen LogP contribution in [-0.2, 0) is 4.79 Å². The van der Waals surface area contributed by atoms with Crippen LogP contribution in [0.1, 0.15) is 18.9 Å². The van der Waals surface area contributed by atoms with Crippen LogP contribution in [0.2, 0.25) is 0 Å². The first-order valence-corrected chi connectivity index (χ1v) is 8.54. The van der Waals surface area contributed by atoms with E-state index < -0.39 is 6.04 Å². The summed E-state index contributed by atoms with van der Waals surface area (Å²) in [6.07, 6.45) is 2.11. The van der Waals surface area contributed by atoms with Gasteiger partial charge in [-0.2, -0.15) is 5.10 Å². The number of carbonyl (C=O) groups is 1. The minimum Gasteiger partial charge on any atom is -0.504 e. The van der Waals surface area contributed by atoms with Crippen LogP contribution in [0, 0.1) is 0 Å². The number of methoxy groups -OCH3 is 1.